The fraction of sp³-hybridized carbons (Fsp3) is 0.350. The molecule has 0 radical (unpaired) electrons. The first-order chi connectivity index (χ1) is 14.3. The number of thioether (sulfide) groups is 1. The summed E-state index contributed by atoms with van der Waals surface area (Å²) in [5, 5.41) is 1.20. The van der Waals surface area contributed by atoms with E-state index in [4.69, 9.17) is 0 Å². The van der Waals surface area contributed by atoms with Gasteiger partial charge in [-0.1, -0.05) is 23.9 Å². The second kappa shape index (κ2) is 8.86. The molecule has 0 aliphatic carbocycles. The van der Waals surface area contributed by atoms with Gasteiger partial charge in [-0.25, -0.2) is 8.42 Å². The van der Waals surface area contributed by atoms with Crippen molar-refractivity contribution >= 4 is 40.6 Å². The average molecular weight is 474 g/mol. The van der Waals surface area contributed by atoms with E-state index >= 15 is 0 Å². The molecule has 4 nitrogen and oxygen atoms in total. The first kappa shape index (κ1) is 23.7. The van der Waals surface area contributed by atoms with Crippen molar-refractivity contribution in [3.05, 3.63) is 58.4 Å². The summed E-state index contributed by atoms with van der Waals surface area (Å²) >= 11 is 1.78. The molecule has 2 aliphatic rings. The Kier molecular flexibility index (Phi) is 6.76. The molecule has 1 fully saturated rings. The Morgan fingerprint density at radius 1 is 1.13 bits per heavy atom. The Morgan fingerprint density at radius 2 is 1.71 bits per heavy atom. The summed E-state index contributed by atoms with van der Waals surface area (Å²) in [5.74, 6) is 0.558. The first-order valence-corrected chi connectivity index (χ1v) is 12.3. The van der Waals surface area contributed by atoms with Crippen LogP contribution in [0.4, 0.5) is 23.0 Å². The number of pyridine rings is 1. The highest BCUT2D eigenvalue weighted by Gasteiger charge is 2.36. The maximum Gasteiger partial charge on any atom is 0.673 e. The van der Waals surface area contributed by atoms with E-state index in [0.29, 0.717) is 12.2 Å². The highest BCUT2D eigenvalue weighted by atomic mass is 32.2. The van der Waals surface area contributed by atoms with Gasteiger partial charge in [0.15, 0.2) is 27.3 Å². The van der Waals surface area contributed by atoms with Crippen molar-refractivity contribution in [2.45, 2.75) is 31.2 Å². The zero-order chi connectivity index (χ0) is 23.0. The van der Waals surface area contributed by atoms with Crippen molar-refractivity contribution in [1.29, 1.82) is 0 Å². The lowest BCUT2D eigenvalue weighted by Gasteiger charge is -2.14. The number of aromatic nitrogens is 1. The molecule has 0 saturated carbocycles. The van der Waals surface area contributed by atoms with E-state index in [1.807, 2.05) is 0 Å². The van der Waals surface area contributed by atoms with Gasteiger partial charge in [0, 0.05) is 44.3 Å². The quantitative estimate of drug-likeness (QED) is 0.357. The van der Waals surface area contributed by atoms with Gasteiger partial charge in [0.1, 0.15) is 5.75 Å². The lowest BCUT2D eigenvalue weighted by atomic mass is 10.1. The van der Waals surface area contributed by atoms with Crippen molar-refractivity contribution in [2.24, 2.45) is 0 Å². The largest absolute Gasteiger partial charge is 0.673 e. The Hall–Kier alpha value is -2.01. The van der Waals surface area contributed by atoms with Crippen LogP contribution in [0.2, 0.25) is 0 Å². The molecule has 1 saturated heterocycles. The maximum atomic E-state index is 11.8. The number of rotatable bonds is 2. The minimum atomic E-state index is -6.00. The molecule has 1 atom stereocenters. The molecule has 0 bridgehead atoms. The molecule has 1 aromatic heterocycles. The van der Waals surface area contributed by atoms with Gasteiger partial charge in [-0.15, -0.1) is 0 Å². The van der Waals surface area contributed by atoms with Crippen LogP contribution < -0.4 is 9.47 Å². The van der Waals surface area contributed by atoms with E-state index < -0.39 is 17.1 Å². The monoisotopic (exact) mass is 474 g/mol. The van der Waals surface area contributed by atoms with Gasteiger partial charge in [-0.3, -0.25) is 0 Å². The van der Waals surface area contributed by atoms with Crippen LogP contribution in [0.25, 0.3) is 6.08 Å². The van der Waals surface area contributed by atoms with Gasteiger partial charge in [-0.2, -0.15) is 4.57 Å². The van der Waals surface area contributed by atoms with Gasteiger partial charge in [0.25, 0.3) is 0 Å². The predicted octanol–water partition coefficient (Wildman–Crippen LogP) is 4.79. The second-order valence-electron chi connectivity index (χ2n) is 7.60. The van der Waals surface area contributed by atoms with Crippen molar-refractivity contribution in [1.82, 2.24) is 0 Å². The summed E-state index contributed by atoms with van der Waals surface area (Å²) in [6, 6.07) is 12.8. The van der Waals surface area contributed by atoms with E-state index in [1.165, 1.54) is 15.6 Å². The van der Waals surface area contributed by atoms with Crippen LogP contribution in [-0.4, -0.2) is 34.2 Å². The number of hydrogen-bond donors (Lipinski definition) is 0. The van der Waals surface area contributed by atoms with Crippen LogP contribution in [0, 0.1) is 13.8 Å². The normalized spacial score (nSPS) is 21.1. The molecule has 11 heteroatoms. The van der Waals surface area contributed by atoms with E-state index in [2.05, 4.69) is 72.8 Å². The van der Waals surface area contributed by atoms with Crippen LogP contribution in [0.15, 0.2) is 46.3 Å². The molecule has 4 rings (SSSR count). The highest BCUT2D eigenvalue weighted by Crippen LogP contribution is 2.45. The molecule has 1 unspecified atom stereocenters. The zero-order valence-corrected chi connectivity index (χ0v) is 19.0. The summed E-state index contributed by atoms with van der Waals surface area (Å²) in [4.78, 5) is 3.49. The van der Waals surface area contributed by atoms with Crippen LogP contribution in [0.3, 0.4) is 0 Å². The topological polar surface area (TPSA) is 41.3 Å². The molecule has 2 aliphatic heterocycles. The lowest BCUT2D eigenvalue weighted by molar-refractivity contribution is -0.728. The Bertz CT molecular complexity index is 1090. The molecule has 31 heavy (non-hydrogen) atoms. The first-order valence-electron chi connectivity index (χ1n) is 9.67. The van der Waals surface area contributed by atoms with Gasteiger partial charge < -0.3 is 22.2 Å². The smallest absolute Gasteiger partial charge is 0.418 e. The Morgan fingerprint density at radius 3 is 2.23 bits per heavy atom. The number of benzene rings is 1. The number of sulfone groups is 1. The van der Waals surface area contributed by atoms with Crippen molar-refractivity contribution in [2.75, 3.05) is 23.5 Å². The average Bonchev–Trinajstić information content (AvgIpc) is 3.13. The third kappa shape index (κ3) is 6.03. The summed E-state index contributed by atoms with van der Waals surface area (Å²) in [6.07, 6.45) is 2.92. The molecular formula is C20H23BF4N2O2S2. The molecule has 0 N–H and O–H groups in total. The Labute approximate surface area is 184 Å². The van der Waals surface area contributed by atoms with Gasteiger partial charge >= 0.3 is 7.25 Å². The van der Waals surface area contributed by atoms with Gasteiger partial charge in [0.05, 0.1) is 16.5 Å². The number of para-hydroxylation sites is 1. The maximum absolute atomic E-state index is 11.8. The van der Waals surface area contributed by atoms with E-state index in [9.17, 15) is 25.7 Å². The summed E-state index contributed by atoms with van der Waals surface area (Å²) in [7, 11) is -6.79. The minimum absolute atomic E-state index is 0.0643. The summed E-state index contributed by atoms with van der Waals surface area (Å²) in [6.45, 7) is 4.14. The third-order valence-electron chi connectivity index (χ3n) is 5.15. The molecule has 168 valence electrons. The SMILES string of the molecule is Cc1cc(/C=C2\Sc3ccccc3N2C)cc(C)[n+]1C1CCS(=O)(=O)C1.F[B-](F)(F)F. The standard InChI is InChI=1S/C20H23N2O2S2.BF4/c1-14-10-16(11-15(2)22(14)17-8-9-26(23,24)13-17)12-20-21(3)18-6-4-5-7-19(18)25-20;2-1(3,4)5/h4-7,10-12,17H,8-9,13H2,1-3H3;/q+1;-1. The highest BCUT2D eigenvalue weighted by molar-refractivity contribution is 8.03. The van der Waals surface area contributed by atoms with E-state index in [0.717, 1.165) is 17.0 Å². The number of halogens is 4. The fourth-order valence-electron chi connectivity index (χ4n) is 3.97. The minimum Gasteiger partial charge on any atom is -0.418 e. The fourth-order valence-corrected chi connectivity index (χ4v) is 6.78. The zero-order valence-electron chi connectivity index (χ0n) is 17.4. The lowest BCUT2D eigenvalue weighted by Crippen LogP contribution is -2.45. The van der Waals surface area contributed by atoms with Gasteiger partial charge in [-0.05, 0) is 23.8 Å². The van der Waals surface area contributed by atoms with Crippen LogP contribution in [-0.2, 0) is 9.84 Å². The molecule has 0 spiro atoms. The molecule has 2 aromatic rings. The third-order valence-corrected chi connectivity index (χ3v) is 8.06. The summed E-state index contributed by atoms with van der Waals surface area (Å²) < 4.78 is 64.9. The molecule has 1 aromatic carbocycles. The van der Waals surface area contributed by atoms with Crippen molar-refractivity contribution in [3.8, 4) is 0 Å². The molecule has 3 heterocycles. The Balaban J connectivity index is 0.000000491. The number of hydrogen-bond acceptors (Lipinski definition) is 4. The van der Waals surface area contributed by atoms with Crippen molar-refractivity contribution < 1.29 is 30.2 Å². The second-order valence-corrected chi connectivity index (χ2v) is 10.9. The number of aryl methyl sites for hydroxylation is 2. The van der Waals surface area contributed by atoms with Gasteiger partial charge in [0.2, 0.25) is 0 Å². The summed E-state index contributed by atoms with van der Waals surface area (Å²) in [5.41, 5.74) is 4.61. The van der Waals surface area contributed by atoms with E-state index in [1.54, 1.807) is 11.8 Å². The van der Waals surface area contributed by atoms with Crippen molar-refractivity contribution in [3.63, 3.8) is 0 Å². The molecular weight excluding hydrogens is 451 g/mol. The number of nitrogens with zero attached hydrogens (tertiary/aromatic N) is 2. The van der Waals surface area contributed by atoms with Crippen LogP contribution in [0.5, 0.6) is 0 Å². The number of fused-ring (bicyclic) bond motifs is 1. The number of anilines is 1. The predicted molar refractivity (Wildman–Crippen MR) is 117 cm³/mol. The van der Waals surface area contributed by atoms with E-state index in [-0.39, 0.29) is 11.8 Å². The molecule has 0 amide bonds. The van der Waals surface area contributed by atoms with Crippen LogP contribution >= 0.6 is 11.8 Å². The van der Waals surface area contributed by atoms with Crippen LogP contribution in [0.1, 0.15) is 29.4 Å².